The average molecular weight is 332 g/mol. The van der Waals surface area contributed by atoms with Gasteiger partial charge in [-0.2, -0.15) is 5.10 Å². The normalized spacial score (nSPS) is 27.7. The van der Waals surface area contributed by atoms with Gasteiger partial charge in [-0.15, -0.1) is 13.2 Å². The number of hydrogen-bond acceptors (Lipinski definition) is 4. The molecule has 23 heavy (non-hydrogen) atoms. The molecule has 128 valence electrons. The SMILES string of the molecule is O=C(NCc1cn[nH]c1C1CCNC1)C1CC(OC(F)(F)F)C1. The van der Waals surface area contributed by atoms with E-state index in [2.05, 4.69) is 25.6 Å². The van der Waals surface area contributed by atoms with E-state index in [1.807, 2.05) is 0 Å². The molecule has 2 fully saturated rings. The molecule has 0 spiro atoms. The Hall–Kier alpha value is -1.61. The van der Waals surface area contributed by atoms with Crippen LogP contribution in [0, 0.1) is 5.92 Å². The minimum atomic E-state index is -4.63. The molecule has 0 aromatic carbocycles. The van der Waals surface area contributed by atoms with E-state index >= 15 is 0 Å². The first kappa shape index (κ1) is 16.3. The lowest BCUT2D eigenvalue weighted by Crippen LogP contribution is -2.44. The van der Waals surface area contributed by atoms with E-state index in [0.29, 0.717) is 12.5 Å². The van der Waals surface area contributed by atoms with Gasteiger partial charge >= 0.3 is 6.36 Å². The molecule has 1 saturated heterocycles. The third-order valence-corrected chi connectivity index (χ3v) is 4.44. The van der Waals surface area contributed by atoms with Gasteiger partial charge in [-0.3, -0.25) is 14.6 Å². The molecule has 1 unspecified atom stereocenters. The maximum absolute atomic E-state index is 12.0. The first-order valence-electron chi connectivity index (χ1n) is 7.67. The summed E-state index contributed by atoms with van der Waals surface area (Å²) in [5, 5.41) is 13.1. The standard InChI is InChI=1S/C14H19F3N4O2/c15-14(16,17)23-11-3-9(4-11)13(22)19-6-10-7-20-21-12(10)8-1-2-18-5-8/h7-9,11,18H,1-6H2,(H,19,22)(H,20,21). The van der Waals surface area contributed by atoms with Gasteiger partial charge in [0.15, 0.2) is 0 Å². The van der Waals surface area contributed by atoms with E-state index in [1.165, 1.54) is 0 Å². The van der Waals surface area contributed by atoms with E-state index < -0.39 is 18.4 Å². The lowest BCUT2D eigenvalue weighted by atomic mass is 9.81. The molecule has 1 amide bonds. The summed E-state index contributed by atoms with van der Waals surface area (Å²) in [6.45, 7) is 2.17. The Morgan fingerprint density at radius 3 is 2.87 bits per heavy atom. The van der Waals surface area contributed by atoms with Crippen molar-refractivity contribution in [3.05, 3.63) is 17.5 Å². The summed E-state index contributed by atoms with van der Waals surface area (Å²) >= 11 is 0. The summed E-state index contributed by atoms with van der Waals surface area (Å²) in [6, 6.07) is 0. The third-order valence-electron chi connectivity index (χ3n) is 4.44. The Balaban J connectivity index is 1.45. The number of halogens is 3. The first-order valence-corrected chi connectivity index (χ1v) is 7.67. The second-order valence-corrected chi connectivity index (χ2v) is 6.07. The van der Waals surface area contributed by atoms with Crippen LogP contribution in [0.3, 0.4) is 0 Å². The summed E-state index contributed by atoms with van der Waals surface area (Å²) < 4.78 is 40.0. The largest absolute Gasteiger partial charge is 0.522 e. The average Bonchev–Trinajstić information content (AvgIpc) is 3.08. The number of carbonyl (C=O) groups is 1. The highest BCUT2D eigenvalue weighted by molar-refractivity contribution is 5.79. The van der Waals surface area contributed by atoms with Crippen LogP contribution in [0.5, 0.6) is 0 Å². The Labute approximate surface area is 131 Å². The summed E-state index contributed by atoms with van der Waals surface area (Å²) in [7, 11) is 0. The number of nitrogens with zero attached hydrogens (tertiary/aromatic N) is 1. The quantitative estimate of drug-likeness (QED) is 0.762. The van der Waals surface area contributed by atoms with Gasteiger partial charge in [0.2, 0.25) is 5.91 Å². The molecule has 2 heterocycles. The number of hydrogen-bond donors (Lipinski definition) is 3. The van der Waals surface area contributed by atoms with Crippen molar-refractivity contribution in [3.8, 4) is 0 Å². The molecule has 3 N–H and O–H groups in total. The van der Waals surface area contributed by atoms with Gasteiger partial charge in [-0.25, -0.2) is 0 Å². The van der Waals surface area contributed by atoms with Crippen LogP contribution < -0.4 is 10.6 Å². The molecule has 1 atom stereocenters. The zero-order chi connectivity index (χ0) is 16.4. The first-order chi connectivity index (χ1) is 10.9. The van der Waals surface area contributed by atoms with Crippen LogP contribution in [-0.2, 0) is 16.1 Å². The van der Waals surface area contributed by atoms with Gasteiger partial charge in [0, 0.05) is 36.2 Å². The fraction of sp³-hybridized carbons (Fsp3) is 0.714. The fourth-order valence-electron chi connectivity index (χ4n) is 3.11. The molecule has 3 rings (SSSR count). The molecule has 0 bridgehead atoms. The molecule has 1 saturated carbocycles. The Kier molecular flexibility index (Phi) is 4.58. The van der Waals surface area contributed by atoms with Gasteiger partial charge in [-0.05, 0) is 25.8 Å². The predicted molar refractivity (Wildman–Crippen MR) is 74.3 cm³/mol. The predicted octanol–water partition coefficient (Wildman–Crippen LogP) is 1.42. The van der Waals surface area contributed by atoms with Crippen molar-refractivity contribution >= 4 is 5.91 Å². The number of ether oxygens (including phenoxy) is 1. The zero-order valence-electron chi connectivity index (χ0n) is 12.4. The summed E-state index contributed by atoms with van der Waals surface area (Å²) in [5.74, 6) is -0.285. The third kappa shape index (κ3) is 4.03. The maximum atomic E-state index is 12.0. The Morgan fingerprint density at radius 2 is 2.22 bits per heavy atom. The molecule has 2 aliphatic rings. The molecule has 1 aromatic rings. The van der Waals surface area contributed by atoms with Crippen LogP contribution in [0.4, 0.5) is 13.2 Å². The lowest BCUT2D eigenvalue weighted by Gasteiger charge is -2.34. The van der Waals surface area contributed by atoms with Gasteiger partial charge in [-0.1, -0.05) is 0 Å². The van der Waals surface area contributed by atoms with E-state index in [-0.39, 0.29) is 18.7 Å². The number of rotatable bonds is 5. The molecule has 6 nitrogen and oxygen atoms in total. The highest BCUT2D eigenvalue weighted by Crippen LogP contribution is 2.35. The van der Waals surface area contributed by atoms with Gasteiger partial charge < -0.3 is 10.6 Å². The van der Waals surface area contributed by atoms with Gasteiger partial charge in [0.1, 0.15) is 0 Å². The number of carbonyl (C=O) groups excluding carboxylic acids is 1. The zero-order valence-corrected chi connectivity index (χ0v) is 12.4. The summed E-state index contributed by atoms with van der Waals surface area (Å²) in [5.41, 5.74) is 1.94. The summed E-state index contributed by atoms with van der Waals surface area (Å²) in [6.07, 6.45) is -2.62. The van der Waals surface area contributed by atoms with Crippen molar-refractivity contribution in [2.75, 3.05) is 13.1 Å². The van der Waals surface area contributed by atoms with Crippen LogP contribution in [0.25, 0.3) is 0 Å². The highest BCUT2D eigenvalue weighted by Gasteiger charge is 2.42. The van der Waals surface area contributed by atoms with Crippen molar-refractivity contribution in [3.63, 3.8) is 0 Å². The molecule has 1 aromatic heterocycles. The van der Waals surface area contributed by atoms with Crippen molar-refractivity contribution in [1.82, 2.24) is 20.8 Å². The van der Waals surface area contributed by atoms with Crippen LogP contribution in [-0.4, -0.2) is 41.7 Å². The van der Waals surface area contributed by atoms with E-state index in [9.17, 15) is 18.0 Å². The molecule has 9 heteroatoms. The fourth-order valence-corrected chi connectivity index (χ4v) is 3.11. The number of amides is 1. The van der Waals surface area contributed by atoms with E-state index in [4.69, 9.17) is 0 Å². The molecular formula is C14H19F3N4O2. The lowest BCUT2D eigenvalue weighted by molar-refractivity contribution is -0.353. The number of nitrogens with one attached hydrogen (secondary N) is 3. The van der Waals surface area contributed by atoms with Gasteiger partial charge in [0.25, 0.3) is 0 Å². The van der Waals surface area contributed by atoms with Crippen molar-refractivity contribution in [2.45, 2.75) is 44.2 Å². The topological polar surface area (TPSA) is 79.0 Å². The van der Waals surface area contributed by atoms with Crippen LogP contribution >= 0.6 is 0 Å². The number of alkyl halides is 3. The van der Waals surface area contributed by atoms with Crippen molar-refractivity contribution in [1.29, 1.82) is 0 Å². The van der Waals surface area contributed by atoms with Crippen molar-refractivity contribution < 1.29 is 22.7 Å². The highest BCUT2D eigenvalue weighted by atomic mass is 19.4. The molecule has 0 radical (unpaired) electrons. The second kappa shape index (κ2) is 6.48. The second-order valence-electron chi connectivity index (χ2n) is 6.07. The van der Waals surface area contributed by atoms with Gasteiger partial charge in [0.05, 0.1) is 12.3 Å². The Morgan fingerprint density at radius 1 is 1.43 bits per heavy atom. The summed E-state index contributed by atoms with van der Waals surface area (Å²) in [4.78, 5) is 12.0. The molecule has 1 aliphatic heterocycles. The molecular weight excluding hydrogens is 313 g/mol. The van der Waals surface area contributed by atoms with Crippen LogP contribution in [0.2, 0.25) is 0 Å². The van der Waals surface area contributed by atoms with Crippen LogP contribution in [0.15, 0.2) is 6.20 Å². The number of aromatic nitrogens is 2. The van der Waals surface area contributed by atoms with E-state index in [1.54, 1.807) is 6.20 Å². The molecule has 1 aliphatic carbocycles. The van der Waals surface area contributed by atoms with E-state index in [0.717, 1.165) is 30.8 Å². The number of aromatic amines is 1. The Bertz CT molecular complexity index is 548. The minimum Gasteiger partial charge on any atom is -0.352 e. The maximum Gasteiger partial charge on any atom is 0.522 e. The minimum absolute atomic E-state index is 0.107. The monoisotopic (exact) mass is 332 g/mol. The smallest absolute Gasteiger partial charge is 0.352 e. The van der Waals surface area contributed by atoms with Crippen LogP contribution in [0.1, 0.15) is 36.4 Å². The number of H-pyrrole nitrogens is 1. The van der Waals surface area contributed by atoms with Crippen molar-refractivity contribution in [2.24, 2.45) is 5.92 Å².